The fourth-order valence-corrected chi connectivity index (χ4v) is 3.28. The van der Waals surface area contributed by atoms with Crippen LogP contribution in [0.2, 0.25) is 0 Å². The molecule has 1 aliphatic carbocycles. The van der Waals surface area contributed by atoms with Crippen molar-refractivity contribution in [2.75, 3.05) is 25.0 Å². The van der Waals surface area contributed by atoms with E-state index in [2.05, 4.69) is 21.6 Å². The van der Waals surface area contributed by atoms with E-state index >= 15 is 0 Å². The van der Waals surface area contributed by atoms with Gasteiger partial charge in [0.25, 0.3) is 5.91 Å². The summed E-state index contributed by atoms with van der Waals surface area (Å²) in [6, 6.07) is 3.64. The number of carbonyl (C=O) groups is 1. The van der Waals surface area contributed by atoms with Crippen LogP contribution in [0.3, 0.4) is 0 Å². The van der Waals surface area contributed by atoms with Crippen LogP contribution >= 0.6 is 0 Å². The topological polar surface area (TPSA) is 58.1 Å². The Hall–Kier alpha value is -1.91. The number of carbonyl (C=O) groups excluding carboxylic acids is 1. The lowest BCUT2D eigenvalue weighted by Crippen LogP contribution is -2.36. The molecule has 2 heterocycles. The van der Waals surface area contributed by atoms with E-state index in [1.807, 2.05) is 11.0 Å². The van der Waals surface area contributed by atoms with Crippen LogP contribution in [0.15, 0.2) is 23.8 Å². The SMILES string of the molecule is O=C(c1ccc(NCCC2=CCCCC2)nn1)N1CCCCC1. The van der Waals surface area contributed by atoms with Gasteiger partial charge in [0.15, 0.2) is 5.69 Å². The van der Waals surface area contributed by atoms with E-state index in [1.54, 1.807) is 11.6 Å². The molecule has 5 heteroatoms. The van der Waals surface area contributed by atoms with Gasteiger partial charge in [-0.2, -0.15) is 0 Å². The third-order valence-electron chi connectivity index (χ3n) is 4.66. The van der Waals surface area contributed by atoms with E-state index in [0.29, 0.717) is 5.69 Å². The summed E-state index contributed by atoms with van der Waals surface area (Å²) in [5.74, 6) is 0.757. The molecule has 2 aliphatic rings. The number of likely N-dealkylation sites (tertiary alicyclic amines) is 1. The standard InChI is InChI=1S/C18H26N4O/c23-18(22-13-5-2-6-14-22)16-9-10-17(21-20-16)19-12-11-15-7-3-1-4-8-15/h7,9-10H,1-6,8,11-14H2,(H,19,21). The fraction of sp³-hybridized carbons (Fsp3) is 0.611. The van der Waals surface area contributed by atoms with Crippen molar-refractivity contribution < 1.29 is 4.79 Å². The highest BCUT2D eigenvalue weighted by molar-refractivity contribution is 5.92. The van der Waals surface area contributed by atoms with Crippen LogP contribution in [-0.4, -0.2) is 40.6 Å². The van der Waals surface area contributed by atoms with Crippen LogP contribution in [0.1, 0.15) is 61.9 Å². The quantitative estimate of drug-likeness (QED) is 0.846. The highest BCUT2D eigenvalue weighted by Gasteiger charge is 2.19. The van der Waals surface area contributed by atoms with Gasteiger partial charge in [0.1, 0.15) is 5.82 Å². The van der Waals surface area contributed by atoms with Gasteiger partial charge in [0.2, 0.25) is 0 Å². The normalized spacial score (nSPS) is 18.4. The Kier molecular flexibility index (Phi) is 5.61. The summed E-state index contributed by atoms with van der Waals surface area (Å²) >= 11 is 0. The zero-order chi connectivity index (χ0) is 15.9. The Bertz CT molecular complexity index is 547. The van der Waals surface area contributed by atoms with Gasteiger partial charge in [0.05, 0.1) is 0 Å². The minimum Gasteiger partial charge on any atom is -0.368 e. The van der Waals surface area contributed by atoms with E-state index < -0.39 is 0 Å². The van der Waals surface area contributed by atoms with Crippen molar-refractivity contribution in [3.05, 3.63) is 29.5 Å². The summed E-state index contributed by atoms with van der Waals surface area (Å²) in [6.07, 6.45) is 11.9. The number of nitrogens with one attached hydrogen (secondary N) is 1. The average molecular weight is 314 g/mol. The molecule has 1 aromatic rings. The van der Waals surface area contributed by atoms with Crippen molar-refractivity contribution in [1.29, 1.82) is 0 Å². The second-order valence-electron chi connectivity index (χ2n) is 6.44. The molecule has 0 radical (unpaired) electrons. The molecule has 23 heavy (non-hydrogen) atoms. The maximum Gasteiger partial charge on any atom is 0.274 e. The predicted octanol–water partition coefficient (Wildman–Crippen LogP) is 3.41. The largest absolute Gasteiger partial charge is 0.368 e. The molecule has 3 rings (SSSR count). The lowest BCUT2D eigenvalue weighted by atomic mass is 9.97. The van der Waals surface area contributed by atoms with Crippen LogP contribution in [0.5, 0.6) is 0 Å². The monoisotopic (exact) mass is 314 g/mol. The number of nitrogens with zero attached hydrogens (tertiary/aromatic N) is 3. The first-order chi connectivity index (χ1) is 11.3. The number of rotatable bonds is 5. The minimum absolute atomic E-state index is 0.0103. The van der Waals surface area contributed by atoms with E-state index in [-0.39, 0.29) is 5.91 Å². The Balaban J connectivity index is 1.48. The molecule has 1 aliphatic heterocycles. The van der Waals surface area contributed by atoms with E-state index in [0.717, 1.165) is 44.7 Å². The molecule has 0 aromatic carbocycles. The van der Waals surface area contributed by atoms with Gasteiger partial charge in [0, 0.05) is 19.6 Å². The maximum atomic E-state index is 12.3. The third kappa shape index (κ3) is 4.53. The van der Waals surface area contributed by atoms with Gasteiger partial charge in [-0.15, -0.1) is 10.2 Å². The van der Waals surface area contributed by atoms with E-state index in [9.17, 15) is 4.79 Å². The number of piperidine rings is 1. The third-order valence-corrected chi connectivity index (χ3v) is 4.66. The minimum atomic E-state index is 0.0103. The van der Waals surface area contributed by atoms with Crippen LogP contribution < -0.4 is 5.32 Å². The van der Waals surface area contributed by atoms with E-state index in [1.165, 1.54) is 32.1 Å². The summed E-state index contributed by atoms with van der Waals surface area (Å²) in [7, 11) is 0. The zero-order valence-electron chi connectivity index (χ0n) is 13.8. The van der Waals surface area contributed by atoms with Crippen molar-refractivity contribution in [3.8, 4) is 0 Å². The maximum absolute atomic E-state index is 12.3. The number of hydrogen-bond donors (Lipinski definition) is 1. The first kappa shape index (κ1) is 16.0. The summed E-state index contributed by atoms with van der Waals surface area (Å²) in [6.45, 7) is 2.56. The first-order valence-electron chi connectivity index (χ1n) is 8.88. The molecule has 0 saturated carbocycles. The molecule has 1 amide bonds. The smallest absolute Gasteiger partial charge is 0.274 e. The van der Waals surface area contributed by atoms with Gasteiger partial charge in [-0.25, -0.2) is 0 Å². The first-order valence-corrected chi connectivity index (χ1v) is 8.88. The Morgan fingerprint density at radius 3 is 2.65 bits per heavy atom. The summed E-state index contributed by atoms with van der Waals surface area (Å²) < 4.78 is 0. The summed E-state index contributed by atoms with van der Waals surface area (Å²) in [5.41, 5.74) is 2.00. The summed E-state index contributed by atoms with van der Waals surface area (Å²) in [4.78, 5) is 14.2. The van der Waals surface area contributed by atoms with Crippen LogP contribution in [0.4, 0.5) is 5.82 Å². The van der Waals surface area contributed by atoms with Crippen molar-refractivity contribution in [1.82, 2.24) is 15.1 Å². The molecule has 1 saturated heterocycles. The van der Waals surface area contributed by atoms with Crippen molar-refractivity contribution >= 4 is 11.7 Å². The van der Waals surface area contributed by atoms with Gasteiger partial charge in [-0.3, -0.25) is 4.79 Å². The highest BCUT2D eigenvalue weighted by Crippen LogP contribution is 2.20. The van der Waals surface area contributed by atoms with Crippen LogP contribution in [-0.2, 0) is 0 Å². The van der Waals surface area contributed by atoms with Crippen molar-refractivity contribution in [3.63, 3.8) is 0 Å². The van der Waals surface area contributed by atoms with Gasteiger partial charge in [-0.05, 0) is 63.5 Å². The average Bonchev–Trinajstić information content (AvgIpc) is 2.63. The van der Waals surface area contributed by atoms with Crippen LogP contribution in [0, 0.1) is 0 Å². The lowest BCUT2D eigenvalue weighted by Gasteiger charge is -2.26. The Morgan fingerprint density at radius 2 is 1.96 bits per heavy atom. The Labute approximate surface area is 138 Å². The van der Waals surface area contributed by atoms with Crippen molar-refractivity contribution in [2.45, 2.75) is 51.4 Å². The molecule has 1 N–H and O–H groups in total. The molecule has 0 unspecified atom stereocenters. The Morgan fingerprint density at radius 1 is 1.09 bits per heavy atom. The van der Waals surface area contributed by atoms with Gasteiger partial charge in [-0.1, -0.05) is 11.6 Å². The number of amides is 1. The fourth-order valence-electron chi connectivity index (χ4n) is 3.28. The molecule has 0 spiro atoms. The van der Waals surface area contributed by atoms with Gasteiger partial charge < -0.3 is 10.2 Å². The number of allylic oxidation sites excluding steroid dienone is 1. The second-order valence-corrected chi connectivity index (χ2v) is 6.44. The zero-order valence-corrected chi connectivity index (χ0v) is 13.8. The van der Waals surface area contributed by atoms with Crippen LogP contribution in [0.25, 0.3) is 0 Å². The number of anilines is 1. The number of hydrogen-bond acceptors (Lipinski definition) is 4. The molecule has 5 nitrogen and oxygen atoms in total. The predicted molar refractivity (Wildman–Crippen MR) is 91.4 cm³/mol. The van der Waals surface area contributed by atoms with Crippen molar-refractivity contribution in [2.24, 2.45) is 0 Å². The second kappa shape index (κ2) is 8.09. The van der Waals surface area contributed by atoms with E-state index in [4.69, 9.17) is 0 Å². The molecular formula is C18H26N4O. The molecule has 1 fully saturated rings. The lowest BCUT2D eigenvalue weighted by molar-refractivity contribution is 0.0717. The molecule has 0 bridgehead atoms. The summed E-state index contributed by atoms with van der Waals surface area (Å²) in [5, 5.41) is 11.5. The number of aromatic nitrogens is 2. The highest BCUT2D eigenvalue weighted by atomic mass is 16.2. The molecule has 1 aromatic heterocycles. The molecule has 124 valence electrons. The molecular weight excluding hydrogens is 288 g/mol. The molecule has 0 atom stereocenters. The van der Waals surface area contributed by atoms with Gasteiger partial charge >= 0.3 is 0 Å².